The molecule has 1 saturated heterocycles. The minimum absolute atomic E-state index is 0.0482. The number of benzene rings is 4. The molecule has 1 heterocycles. The van der Waals surface area contributed by atoms with Crippen molar-refractivity contribution < 1.29 is 33.3 Å². The maximum absolute atomic E-state index is 14.9. The molecular weight excluding hydrogens is 632 g/mol. The summed E-state index contributed by atoms with van der Waals surface area (Å²) in [6.45, 7) is 5.80. The van der Waals surface area contributed by atoms with Crippen molar-refractivity contribution in [3.05, 3.63) is 125 Å². The van der Waals surface area contributed by atoms with Crippen molar-refractivity contribution in [2.24, 2.45) is 5.92 Å². The van der Waals surface area contributed by atoms with Crippen LogP contribution in [0.25, 0.3) is 11.1 Å². The van der Waals surface area contributed by atoms with Crippen molar-refractivity contribution >= 4 is 18.0 Å². The van der Waals surface area contributed by atoms with Crippen LogP contribution in [0.1, 0.15) is 61.6 Å². The van der Waals surface area contributed by atoms with Crippen LogP contribution in [0.5, 0.6) is 5.75 Å². The van der Waals surface area contributed by atoms with E-state index in [0.29, 0.717) is 17.7 Å². The van der Waals surface area contributed by atoms with Gasteiger partial charge in [0.1, 0.15) is 25.0 Å². The highest BCUT2D eigenvalue weighted by Crippen LogP contribution is 2.45. The molecule has 0 saturated carbocycles. The number of amides is 2. The van der Waals surface area contributed by atoms with Gasteiger partial charge >= 0.3 is 12.1 Å². The summed E-state index contributed by atoms with van der Waals surface area (Å²) in [5.41, 5.74) is 5.94. The van der Waals surface area contributed by atoms with Crippen LogP contribution in [-0.2, 0) is 30.4 Å². The summed E-state index contributed by atoms with van der Waals surface area (Å²) in [4.78, 5) is 45.4. The second kappa shape index (κ2) is 15.2. The lowest BCUT2D eigenvalue weighted by Crippen LogP contribution is -2.56. The van der Waals surface area contributed by atoms with Gasteiger partial charge in [-0.05, 0) is 52.8 Å². The molecule has 0 bridgehead atoms. The molecule has 4 aromatic carbocycles. The first-order chi connectivity index (χ1) is 24.2. The summed E-state index contributed by atoms with van der Waals surface area (Å²) in [5, 5.41) is 0. The number of rotatable bonds is 11. The summed E-state index contributed by atoms with van der Waals surface area (Å²) in [5.74, 6) is -0.779. The molecule has 260 valence electrons. The first kappa shape index (κ1) is 34.7. The van der Waals surface area contributed by atoms with E-state index in [1.807, 2.05) is 80.6 Å². The largest absolute Gasteiger partial charge is 0.497 e. The van der Waals surface area contributed by atoms with Gasteiger partial charge in [-0.3, -0.25) is 14.6 Å². The zero-order valence-corrected chi connectivity index (χ0v) is 29.2. The van der Waals surface area contributed by atoms with E-state index in [0.717, 1.165) is 27.8 Å². The number of methoxy groups -OCH3 is 1. The quantitative estimate of drug-likeness (QED) is 0.153. The van der Waals surface area contributed by atoms with Crippen LogP contribution in [0.15, 0.2) is 103 Å². The van der Waals surface area contributed by atoms with Crippen LogP contribution in [0, 0.1) is 5.92 Å². The monoisotopic (exact) mass is 676 g/mol. The Morgan fingerprint density at radius 1 is 0.840 bits per heavy atom. The number of hydrogen-bond acceptors (Lipinski definition) is 7. The third-order valence-electron chi connectivity index (χ3n) is 9.94. The van der Waals surface area contributed by atoms with Crippen LogP contribution in [0.4, 0.5) is 4.79 Å². The molecule has 0 aromatic heterocycles. The number of fused-ring (bicyclic) bond motifs is 3. The molecule has 0 spiro atoms. The van der Waals surface area contributed by atoms with E-state index in [1.165, 1.54) is 9.80 Å². The number of ether oxygens (including phenoxy) is 4. The Kier molecular flexibility index (Phi) is 10.5. The maximum atomic E-state index is 14.9. The smallest absolute Gasteiger partial charge is 0.410 e. The van der Waals surface area contributed by atoms with Crippen LogP contribution >= 0.6 is 0 Å². The van der Waals surface area contributed by atoms with Crippen molar-refractivity contribution in [2.45, 2.75) is 64.1 Å². The molecule has 0 radical (unpaired) electrons. The summed E-state index contributed by atoms with van der Waals surface area (Å²) >= 11 is 0. The average molecular weight is 677 g/mol. The second-order valence-electron chi connectivity index (χ2n) is 13.0. The van der Waals surface area contributed by atoms with Crippen LogP contribution in [0.3, 0.4) is 0 Å². The molecule has 2 amide bonds. The van der Waals surface area contributed by atoms with Gasteiger partial charge in [0.15, 0.2) is 12.3 Å². The highest BCUT2D eigenvalue weighted by molar-refractivity contribution is 5.91. The lowest BCUT2D eigenvalue weighted by molar-refractivity contribution is -0.158. The molecular formula is C41H44N2O7. The summed E-state index contributed by atoms with van der Waals surface area (Å²) in [6, 6.07) is 30.8. The van der Waals surface area contributed by atoms with Gasteiger partial charge in [-0.1, -0.05) is 111 Å². The van der Waals surface area contributed by atoms with Gasteiger partial charge < -0.3 is 18.9 Å². The van der Waals surface area contributed by atoms with E-state index in [1.54, 1.807) is 33.2 Å². The standard InChI is InChI=1S/C41H44N2O7/c1-6-26(2)36(42(4)41(46)49-25-35-33-18-12-10-16-31(33)32-17-11-13-19-34(32)35)38(44)43-37(40(45)48-24-28-14-8-7-9-15-28)27(3)50-39(43)29-20-22-30(47-5)23-21-29/h7-23,26-27,35-37,39H,6,24-25H2,1-5H3/t26-,27+,36-,37-,39+/m0/s1. The molecule has 1 fully saturated rings. The van der Waals surface area contributed by atoms with E-state index in [4.69, 9.17) is 18.9 Å². The van der Waals surface area contributed by atoms with Crippen molar-refractivity contribution in [2.75, 3.05) is 20.8 Å². The highest BCUT2D eigenvalue weighted by atomic mass is 16.6. The molecule has 2 aliphatic rings. The van der Waals surface area contributed by atoms with E-state index in [9.17, 15) is 14.4 Å². The fraction of sp³-hybridized carbons (Fsp3) is 0.341. The Labute approximate surface area is 293 Å². The fourth-order valence-electron chi connectivity index (χ4n) is 7.07. The predicted octanol–water partition coefficient (Wildman–Crippen LogP) is 7.35. The Balaban J connectivity index is 1.27. The fourth-order valence-corrected chi connectivity index (χ4v) is 7.07. The third-order valence-corrected chi connectivity index (χ3v) is 9.94. The van der Waals surface area contributed by atoms with Gasteiger partial charge in [-0.2, -0.15) is 0 Å². The zero-order chi connectivity index (χ0) is 35.4. The highest BCUT2D eigenvalue weighted by Gasteiger charge is 2.51. The average Bonchev–Trinajstić information content (AvgIpc) is 3.67. The third kappa shape index (κ3) is 6.83. The number of carbonyl (C=O) groups is 3. The van der Waals surface area contributed by atoms with Gasteiger partial charge in [0, 0.05) is 18.5 Å². The molecule has 9 heteroatoms. The van der Waals surface area contributed by atoms with Crippen molar-refractivity contribution in [1.82, 2.24) is 9.80 Å². The van der Waals surface area contributed by atoms with Gasteiger partial charge in [0.05, 0.1) is 13.2 Å². The van der Waals surface area contributed by atoms with Crippen LogP contribution in [0.2, 0.25) is 0 Å². The van der Waals surface area contributed by atoms with E-state index < -0.39 is 42.4 Å². The molecule has 1 aliphatic carbocycles. The van der Waals surface area contributed by atoms with Gasteiger partial charge in [-0.15, -0.1) is 0 Å². The zero-order valence-electron chi connectivity index (χ0n) is 29.2. The number of esters is 1. The minimum Gasteiger partial charge on any atom is -0.497 e. The summed E-state index contributed by atoms with van der Waals surface area (Å²) < 4.78 is 23.5. The predicted molar refractivity (Wildman–Crippen MR) is 189 cm³/mol. The van der Waals surface area contributed by atoms with Crippen molar-refractivity contribution in [3.8, 4) is 16.9 Å². The van der Waals surface area contributed by atoms with Crippen molar-refractivity contribution in [3.63, 3.8) is 0 Å². The maximum Gasteiger partial charge on any atom is 0.410 e. The molecule has 6 rings (SSSR count). The van der Waals surface area contributed by atoms with E-state index in [2.05, 4.69) is 24.3 Å². The second-order valence-corrected chi connectivity index (χ2v) is 13.0. The Bertz CT molecular complexity index is 1770. The van der Waals surface area contributed by atoms with Crippen molar-refractivity contribution in [1.29, 1.82) is 0 Å². The van der Waals surface area contributed by atoms with E-state index >= 15 is 0 Å². The van der Waals surface area contributed by atoms with Gasteiger partial charge in [0.25, 0.3) is 0 Å². The van der Waals surface area contributed by atoms with E-state index in [-0.39, 0.29) is 25.0 Å². The topological polar surface area (TPSA) is 94.6 Å². The minimum atomic E-state index is -1.05. The normalized spacial score (nSPS) is 19.2. The number of carbonyl (C=O) groups excluding carboxylic acids is 3. The number of hydrogen-bond donors (Lipinski definition) is 0. The molecule has 0 N–H and O–H groups in total. The SMILES string of the molecule is CC[C@H](C)[C@@H](C(=O)N1[C@@H](c2ccc(OC)cc2)O[C@H](C)[C@H]1C(=O)OCc1ccccc1)N(C)C(=O)OCC1c2ccccc2-c2ccccc21. The number of nitrogens with zero attached hydrogens (tertiary/aromatic N) is 2. The first-order valence-electron chi connectivity index (χ1n) is 17.1. The molecule has 0 unspecified atom stereocenters. The van der Waals surface area contributed by atoms with Gasteiger partial charge in [-0.25, -0.2) is 9.59 Å². The van der Waals surface area contributed by atoms with Crippen LogP contribution < -0.4 is 4.74 Å². The molecule has 5 atom stereocenters. The molecule has 4 aromatic rings. The Hall–Kier alpha value is -5.15. The molecule has 9 nitrogen and oxygen atoms in total. The van der Waals surface area contributed by atoms with Crippen LogP contribution in [-0.4, -0.2) is 66.7 Å². The summed E-state index contributed by atoms with van der Waals surface area (Å²) in [7, 11) is 3.16. The number of likely N-dealkylation sites (N-methyl/N-ethyl adjacent to an activating group) is 1. The Morgan fingerprint density at radius 2 is 1.44 bits per heavy atom. The first-order valence-corrected chi connectivity index (χ1v) is 17.1. The molecule has 50 heavy (non-hydrogen) atoms. The molecule has 1 aliphatic heterocycles. The Morgan fingerprint density at radius 3 is 2.04 bits per heavy atom. The summed E-state index contributed by atoms with van der Waals surface area (Å²) in [6.07, 6.45) is -1.62. The lowest BCUT2D eigenvalue weighted by atomic mass is 9.95. The van der Waals surface area contributed by atoms with Gasteiger partial charge in [0.2, 0.25) is 5.91 Å². The lowest BCUT2D eigenvalue weighted by Gasteiger charge is -2.37.